The lowest BCUT2D eigenvalue weighted by Crippen LogP contribution is -2.57. The van der Waals surface area contributed by atoms with Gasteiger partial charge < -0.3 is 34.6 Å². The second-order valence-corrected chi connectivity index (χ2v) is 14.0. The van der Waals surface area contributed by atoms with Crippen LogP contribution in [0.3, 0.4) is 0 Å². The third kappa shape index (κ3) is 5.50. The number of anilines is 1. The highest BCUT2D eigenvalue weighted by molar-refractivity contribution is 5.89. The Bertz CT molecular complexity index is 1490. The number of urea groups is 1. The van der Waals surface area contributed by atoms with E-state index in [2.05, 4.69) is 31.3 Å². The average Bonchev–Trinajstić information content (AvgIpc) is 3.31. The second kappa shape index (κ2) is 12.0. The number of hydrogen-bond acceptors (Lipinski definition) is 6. The number of fused-ring (bicyclic) bond motifs is 5. The molecule has 2 aromatic carbocycles. The molecule has 6 atom stereocenters. The zero-order chi connectivity index (χ0) is 32.0. The summed E-state index contributed by atoms with van der Waals surface area (Å²) in [5, 5.41) is 26.1. The van der Waals surface area contributed by atoms with Gasteiger partial charge in [0.15, 0.2) is 0 Å². The van der Waals surface area contributed by atoms with Gasteiger partial charge in [0, 0.05) is 22.7 Å². The number of carbonyl (C=O) groups excluding carboxylic acids is 1. The maximum absolute atomic E-state index is 14.0. The third-order valence-corrected chi connectivity index (χ3v) is 11.8. The van der Waals surface area contributed by atoms with E-state index in [1.54, 1.807) is 26.2 Å². The predicted octanol–water partition coefficient (Wildman–Crippen LogP) is 6.72. The molecule has 0 spiro atoms. The van der Waals surface area contributed by atoms with Gasteiger partial charge in [0.1, 0.15) is 17.2 Å². The fourth-order valence-corrected chi connectivity index (χ4v) is 8.93. The summed E-state index contributed by atoms with van der Waals surface area (Å²) in [6, 6.07) is 12.6. The number of hydrogen-bond donors (Lipinski definition) is 3. The average molecular weight is 617 g/mol. The van der Waals surface area contributed by atoms with Gasteiger partial charge in [-0.05, 0) is 98.6 Å². The maximum atomic E-state index is 14.0. The smallest absolute Gasteiger partial charge is 0.322 e. The number of benzene rings is 2. The Balaban J connectivity index is 1.30. The summed E-state index contributed by atoms with van der Waals surface area (Å²) in [4.78, 5) is 15.7. The Morgan fingerprint density at radius 3 is 2.33 bits per heavy atom. The van der Waals surface area contributed by atoms with Crippen LogP contribution in [0.4, 0.5) is 10.5 Å². The van der Waals surface area contributed by atoms with Crippen molar-refractivity contribution in [3.63, 3.8) is 0 Å². The largest absolute Gasteiger partial charge is 0.497 e. The molecule has 4 aliphatic carbocycles. The molecule has 2 amide bonds. The van der Waals surface area contributed by atoms with E-state index in [9.17, 15) is 15.0 Å². The van der Waals surface area contributed by atoms with Crippen molar-refractivity contribution in [1.29, 1.82) is 0 Å². The molecule has 0 radical (unpaired) electrons. The van der Waals surface area contributed by atoms with Crippen molar-refractivity contribution in [2.24, 2.45) is 22.7 Å². The van der Waals surface area contributed by atoms with Gasteiger partial charge in [-0.2, -0.15) is 0 Å². The SMILES string of the molecule is COc1ccc(NC(=O)N(Cc2ccc(OC)cc2OC)C[C@]2(O)CC[C@H]3C4=CC=C5C[C@@H](O)CC[C@]5(C)[C@H]4CC[C@@]32C)cc1. The van der Waals surface area contributed by atoms with Crippen LogP contribution in [-0.4, -0.2) is 60.7 Å². The first kappa shape index (κ1) is 31.5. The summed E-state index contributed by atoms with van der Waals surface area (Å²) < 4.78 is 16.4. The normalized spacial score (nSPS) is 31.8. The van der Waals surface area contributed by atoms with E-state index in [1.807, 2.05) is 42.5 Å². The summed E-state index contributed by atoms with van der Waals surface area (Å²) in [6.07, 6.45) is 10.3. The van der Waals surface area contributed by atoms with Crippen LogP contribution in [0.2, 0.25) is 0 Å². The zero-order valence-electron chi connectivity index (χ0n) is 27.3. The molecule has 8 heteroatoms. The van der Waals surface area contributed by atoms with E-state index in [-0.39, 0.29) is 42.0 Å². The van der Waals surface area contributed by atoms with Gasteiger partial charge in [-0.3, -0.25) is 0 Å². The molecule has 8 nitrogen and oxygen atoms in total. The van der Waals surface area contributed by atoms with Crippen molar-refractivity contribution in [2.45, 2.75) is 77.0 Å². The molecule has 4 aliphatic rings. The first-order valence-electron chi connectivity index (χ1n) is 16.3. The fourth-order valence-electron chi connectivity index (χ4n) is 8.93. The number of nitrogens with one attached hydrogen (secondary N) is 1. The quantitative estimate of drug-likeness (QED) is 0.305. The van der Waals surface area contributed by atoms with Crippen LogP contribution < -0.4 is 19.5 Å². The Morgan fingerprint density at radius 1 is 0.911 bits per heavy atom. The van der Waals surface area contributed by atoms with E-state index in [1.165, 1.54) is 11.1 Å². The predicted molar refractivity (Wildman–Crippen MR) is 175 cm³/mol. The summed E-state index contributed by atoms with van der Waals surface area (Å²) in [5.74, 6) is 2.68. The summed E-state index contributed by atoms with van der Waals surface area (Å²) in [5.41, 5.74) is 2.92. The molecule has 0 bridgehead atoms. The van der Waals surface area contributed by atoms with Gasteiger partial charge >= 0.3 is 6.03 Å². The van der Waals surface area contributed by atoms with Crippen LogP contribution in [0, 0.1) is 22.7 Å². The van der Waals surface area contributed by atoms with Crippen molar-refractivity contribution in [3.8, 4) is 17.2 Å². The van der Waals surface area contributed by atoms with Gasteiger partial charge in [-0.1, -0.05) is 37.1 Å². The highest BCUT2D eigenvalue weighted by Crippen LogP contribution is 2.66. The Kier molecular flexibility index (Phi) is 8.42. The Morgan fingerprint density at radius 2 is 1.62 bits per heavy atom. The van der Waals surface area contributed by atoms with E-state index in [0.29, 0.717) is 35.3 Å². The number of methoxy groups -OCH3 is 3. The molecule has 0 heterocycles. The minimum absolute atomic E-state index is 0.0700. The number of carbonyl (C=O) groups is 1. The van der Waals surface area contributed by atoms with E-state index in [0.717, 1.165) is 44.1 Å². The molecule has 3 saturated carbocycles. The van der Waals surface area contributed by atoms with Crippen molar-refractivity contribution >= 4 is 11.7 Å². The lowest BCUT2D eigenvalue weighted by molar-refractivity contribution is -0.0967. The molecule has 0 aliphatic heterocycles. The molecule has 0 aromatic heterocycles. The lowest BCUT2D eigenvalue weighted by Gasteiger charge is -2.56. The molecule has 3 fully saturated rings. The van der Waals surface area contributed by atoms with Crippen LogP contribution in [0.15, 0.2) is 65.8 Å². The Labute approximate surface area is 267 Å². The van der Waals surface area contributed by atoms with Crippen LogP contribution in [-0.2, 0) is 6.54 Å². The number of aliphatic hydroxyl groups is 2. The minimum atomic E-state index is -1.08. The molecule has 6 rings (SSSR count). The number of rotatable bonds is 8. The molecule has 242 valence electrons. The standard InChI is InChI=1S/C37H48N2O6/c1-35-17-14-27(40)20-25(35)7-13-30-31(35)15-18-36(2)32(30)16-19-37(36,42)23-39(22-24-6-10-29(44-4)21-33(24)45-5)34(41)38-26-8-11-28(43-3)12-9-26/h6-13,21,27,31-32,40,42H,14-20,22-23H2,1-5H3,(H,38,41)/t27-,31-,32-,35-,36-,37+/m0/s1. The Hall–Kier alpha value is -3.49. The molecule has 45 heavy (non-hydrogen) atoms. The molecule has 0 unspecified atom stereocenters. The molecule has 0 saturated heterocycles. The van der Waals surface area contributed by atoms with Crippen molar-refractivity contribution in [2.75, 3.05) is 33.2 Å². The van der Waals surface area contributed by atoms with Crippen LogP contribution >= 0.6 is 0 Å². The summed E-state index contributed by atoms with van der Waals surface area (Å²) in [7, 11) is 4.83. The van der Waals surface area contributed by atoms with Crippen LogP contribution in [0.1, 0.15) is 64.4 Å². The highest BCUT2D eigenvalue weighted by atomic mass is 16.5. The number of allylic oxidation sites excluding steroid dienone is 3. The van der Waals surface area contributed by atoms with Gasteiger partial charge in [-0.25, -0.2) is 4.79 Å². The van der Waals surface area contributed by atoms with Crippen molar-refractivity contribution in [1.82, 2.24) is 4.90 Å². The third-order valence-electron chi connectivity index (χ3n) is 11.8. The van der Waals surface area contributed by atoms with Crippen LogP contribution in [0.5, 0.6) is 17.2 Å². The highest BCUT2D eigenvalue weighted by Gasteiger charge is 2.62. The number of aliphatic hydroxyl groups excluding tert-OH is 1. The molecule has 3 N–H and O–H groups in total. The summed E-state index contributed by atoms with van der Waals surface area (Å²) >= 11 is 0. The molecule has 2 aromatic rings. The maximum Gasteiger partial charge on any atom is 0.322 e. The van der Waals surface area contributed by atoms with Gasteiger partial charge in [0.05, 0.1) is 46.1 Å². The topological polar surface area (TPSA) is 100 Å². The van der Waals surface area contributed by atoms with Gasteiger partial charge in [-0.15, -0.1) is 0 Å². The van der Waals surface area contributed by atoms with Crippen molar-refractivity contribution in [3.05, 3.63) is 71.3 Å². The van der Waals surface area contributed by atoms with Gasteiger partial charge in [0.2, 0.25) is 0 Å². The van der Waals surface area contributed by atoms with E-state index >= 15 is 0 Å². The van der Waals surface area contributed by atoms with Gasteiger partial charge in [0.25, 0.3) is 0 Å². The first-order chi connectivity index (χ1) is 21.5. The van der Waals surface area contributed by atoms with E-state index < -0.39 is 5.60 Å². The number of nitrogens with zero attached hydrogens (tertiary/aromatic N) is 1. The molecular formula is C37H48N2O6. The molecular weight excluding hydrogens is 568 g/mol. The fraction of sp³-hybridized carbons (Fsp3) is 0.541. The minimum Gasteiger partial charge on any atom is -0.497 e. The van der Waals surface area contributed by atoms with Crippen LogP contribution in [0.25, 0.3) is 0 Å². The number of ether oxygens (including phenoxy) is 3. The van der Waals surface area contributed by atoms with E-state index in [4.69, 9.17) is 14.2 Å². The summed E-state index contributed by atoms with van der Waals surface area (Å²) in [6.45, 7) is 5.08. The van der Waals surface area contributed by atoms with Crippen molar-refractivity contribution < 1.29 is 29.2 Å². The number of amides is 2. The monoisotopic (exact) mass is 616 g/mol. The second-order valence-electron chi connectivity index (χ2n) is 14.0. The first-order valence-corrected chi connectivity index (χ1v) is 16.3. The lowest BCUT2D eigenvalue weighted by atomic mass is 9.50. The zero-order valence-corrected chi connectivity index (χ0v) is 27.3.